The van der Waals surface area contributed by atoms with Crippen LogP contribution < -0.4 is 20.1 Å². The maximum absolute atomic E-state index is 12.7. The standard InChI is InChI=1S/C21H26N2O4/c1-13(2)19(21(25)22-18-9-7-6-8-14(18)3)23-20(24)15-10-16(26-4)12-17(11-15)27-5/h6-13,19H,1-5H3,(H,22,25)(H,23,24). The van der Waals surface area contributed by atoms with Gasteiger partial charge in [-0.1, -0.05) is 32.0 Å². The number of hydrogen-bond donors (Lipinski definition) is 2. The van der Waals surface area contributed by atoms with Crippen molar-refractivity contribution >= 4 is 17.5 Å². The molecule has 0 aliphatic heterocycles. The quantitative estimate of drug-likeness (QED) is 0.783. The molecule has 0 bridgehead atoms. The zero-order chi connectivity index (χ0) is 20.0. The lowest BCUT2D eigenvalue weighted by Crippen LogP contribution is -2.47. The summed E-state index contributed by atoms with van der Waals surface area (Å²) in [5.41, 5.74) is 2.04. The molecule has 6 nitrogen and oxygen atoms in total. The van der Waals surface area contributed by atoms with Crippen molar-refractivity contribution in [3.05, 3.63) is 53.6 Å². The van der Waals surface area contributed by atoms with Gasteiger partial charge in [-0.15, -0.1) is 0 Å². The van der Waals surface area contributed by atoms with Crippen LogP contribution in [-0.4, -0.2) is 32.1 Å². The first-order chi connectivity index (χ1) is 12.8. The number of nitrogens with one attached hydrogen (secondary N) is 2. The van der Waals surface area contributed by atoms with Gasteiger partial charge in [0.1, 0.15) is 17.5 Å². The van der Waals surface area contributed by atoms with Gasteiger partial charge in [-0.25, -0.2) is 0 Å². The lowest BCUT2D eigenvalue weighted by molar-refractivity contribution is -0.118. The Morgan fingerprint density at radius 3 is 2.07 bits per heavy atom. The SMILES string of the molecule is COc1cc(OC)cc(C(=O)NC(C(=O)Nc2ccccc2C)C(C)C)c1. The number of ether oxygens (including phenoxy) is 2. The molecular formula is C21H26N2O4. The molecule has 2 amide bonds. The van der Waals surface area contributed by atoms with E-state index in [9.17, 15) is 9.59 Å². The highest BCUT2D eigenvalue weighted by Crippen LogP contribution is 2.23. The van der Waals surface area contributed by atoms with Crippen LogP contribution in [0.25, 0.3) is 0 Å². The number of carbonyl (C=O) groups is 2. The van der Waals surface area contributed by atoms with Crippen LogP contribution in [0.5, 0.6) is 11.5 Å². The van der Waals surface area contributed by atoms with E-state index in [-0.39, 0.29) is 17.7 Å². The third-order valence-corrected chi connectivity index (χ3v) is 4.25. The number of aryl methyl sites for hydroxylation is 1. The summed E-state index contributed by atoms with van der Waals surface area (Å²) in [4.78, 5) is 25.5. The molecule has 0 saturated carbocycles. The molecular weight excluding hydrogens is 344 g/mol. The molecule has 2 aromatic rings. The molecule has 0 saturated heterocycles. The van der Waals surface area contributed by atoms with Crippen molar-refractivity contribution in [2.45, 2.75) is 26.8 Å². The first-order valence-electron chi connectivity index (χ1n) is 8.76. The molecule has 2 rings (SSSR count). The number of para-hydroxylation sites is 1. The van der Waals surface area contributed by atoms with Gasteiger partial charge in [0.15, 0.2) is 0 Å². The second-order valence-electron chi connectivity index (χ2n) is 6.60. The van der Waals surface area contributed by atoms with Gasteiger partial charge < -0.3 is 20.1 Å². The number of amides is 2. The van der Waals surface area contributed by atoms with Crippen molar-refractivity contribution in [1.29, 1.82) is 0 Å². The average Bonchev–Trinajstić information content (AvgIpc) is 2.66. The first kappa shape index (κ1) is 20.3. The largest absolute Gasteiger partial charge is 0.497 e. The molecule has 1 atom stereocenters. The maximum Gasteiger partial charge on any atom is 0.252 e. The maximum atomic E-state index is 12.7. The minimum atomic E-state index is -0.686. The minimum Gasteiger partial charge on any atom is -0.497 e. The fraction of sp³-hybridized carbons (Fsp3) is 0.333. The second kappa shape index (κ2) is 9.07. The number of carbonyl (C=O) groups excluding carboxylic acids is 2. The summed E-state index contributed by atoms with van der Waals surface area (Å²) >= 11 is 0. The Bertz CT molecular complexity index is 795. The van der Waals surface area contributed by atoms with Gasteiger partial charge in [0.2, 0.25) is 5.91 Å². The highest BCUT2D eigenvalue weighted by Gasteiger charge is 2.25. The highest BCUT2D eigenvalue weighted by molar-refractivity contribution is 6.01. The number of benzene rings is 2. The van der Waals surface area contributed by atoms with Crippen molar-refractivity contribution in [3.63, 3.8) is 0 Å². The Hall–Kier alpha value is -3.02. The lowest BCUT2D eigenvalue weighted by atomic mass is 10.0. The molecule has 27 heavy (non-hydrogen) atoms. The lowest BCUT2D eigenvalue weighted by Gasteiger charge is -2.22. The van der Waals surface area contributed by atoms with Crippen LogP contribution in [0.1, 0.15) is 29.8 Å². The number of rotatable bonds is 7. The molecule has 0 fully saturated rings. The summed E-state index contributed by atoms with van der Waals surface area (Å²) < 4.78 is 10.4. The molecule has 2 N–H and O–H groups in total. The summed E-state index contributed by atoms with van der Waals surface area (Å²) in [6.07, 6.45) is 0. The van der Waals surface area contributed by atoms with Crippen molar-refractivity contribution in [1.82, 2.24) is 5.32 Å². The normalized spacial score (nSPS) is 11.6. The van der Waals surface area contributed by atoms with E-state index in [1.807, 2.05) is 45.0 Å². The number of anilines is 1. The van der Waals surface area contributed by atoms with Crippen LogP contribution in [0.3, 0.4) is 0 Å². The van der Waals surface area contributed by atoms with Crippen molar-refractivity contribution in [2.24, 2.45) is 5.92 Å². The molecule has 0 aliphatic carbocycles. The Morgan fingerprint density at radius 2 is 1.56 bits per heavy atom. The van der Waals surface area contributed by atoms with Gasteiger partial charge in [0, 0.05) is 17.3 Å². The zero-order valence-electron chi connectivity index (χ0n) is 16.3. The summed E-state index contributed by atoms with van der Waals surface area (Å²) in [7, 11) is 3.03. The Kier molecular flexibility index (Phi) is 6.82. The second-order valence-corrected chi connectivity index (χ2v) is 6.60. The predicted octanol–water partition coefficient (Wildman–Crippen LogP) is 3.41. The van der Waals surface area contributed by atoms with Crippen LogP contribution in [0.4, 0.5) is 5.69 Å². The summed E-state index contributed by atoms with van der Waals surface area (Å²) in [6, 6.07) is 11.7. The van der Waals surface area contributed by atoms with Gasteiger partial charge in [-0.3, -0.25) is 9.59 Å². The van der Waals surface area contributed by atoms with Gasteiger partial charge in [-0.2, -0.15) is 0 Å². The smallest absolute Gasteiger partial charge is 0.252 e. The molecule has 2 aromatic carbocycles. The van der Waals surface area contributed by atoms with Gasteiger partial charge >= 0.3 is 0 Å². The number of hydrogen-bond acceptors (Lipinski definition) is 4. The predicted molar refractivity (Wildman–Crippen MR) is 105 cm³/mol. The van der Waals surface area contributed by atoms with E-state index in [1.54, 1.807) is 18.2 Å². The summed E-state index contributed by atoms with van der Waals surface area (Å²) in [5.74, 6) is 0.286. The third-order valence-electron chi connectivity index (χ3n) is 4.25. The van der Waals surface area contributed by atoms with E-state index >= 15 is 0 Å². The zero-order valence-corrected chi connectivity index (χ0v) is 16.3. The van der Waals surface area contributed by atoms with Crippen LogP contribution in [0, 0.1) is 12.8 Å². The topological polar surface area (TPSA) is 76.7 Å². The van der Waals surface area contributed by atoms with Crippen LogP contribution in [-0.2, 0) is 4.79 Å². The number of methoxy groups -OCH3 is 2. The van der Waals surface area contributed by atoms with E-state index in [2.05, 4.69) is 10.6 Å². The van der Waals surface area contributed by atoms with Crippen LogP contribution >= 0.6 is 0 Å². The van der Waals surface area contributed by atoms with E-state index < -0.39 is 6.04 Å². The van der Waals surface area contributed by atoms with Crippen LogP contribution in [0.2, 0.25) is 0 Å². The molecule has 144 valence electrons. The monoisotopic (exact) mass is 370 g/mol. The molecule has 1 unspecified atom stereocenters. The van der Waals surface area contributed by atoms with Crippen LogP contribution in [0.15, 0.2) is 42.5 Å². The Morgan fingerprint density at radius 1 is 0.963 bits per heavy atom. The fourth-order valence-corrected chi connectivity index (χ4v) is 2.62. The van der Waals surface area contributed by atoms with E-state index in [0.717, 1.165) is 11.3 Å². The van der Waals surface area contributed by atoms with Gasteiger partial charge in [-0.05, 0) is 36.6 Å². The molecule has 6 heteroatoms. The van der Waals surface area contributed by atoms with E-state index in [0.29, 0.717) is 17.1 Å². The molecule has 0 heterocycles. The Labute approximate surface area is 159 Å². The molecule has 0 spiro atoms. The molecule has 0 radical (unpaired) electrons. The Balaban J connectivity index is 2.19. The summed E-state index contributed by atoms with van der Waals surface area (Å²) in [6.45, 7) is 5.68. The van der Waals surface area contributed by atoms with Crippen molar-refractivity contribution < 1.29 is 19.1 Å². The molecule has 0 aromatic heterocycles. The third kappa shape index (κ3) is 5.23. The fourth-order valence-electron chi connectivity index (χ4n) is 2.62. The summed E-state index contributed by atoms with van der Waals surface area (Å²) in [5, 5.41) is 5.70. The highest BCUT2D eigenvalue weighted by atomic mass is 16.5. The molecule has 0 aliphatic rings. The van der Waals surface area contributed by atoms with E-state index in [1.165, 1.54) is 14.2 Å². The first-order valence-corrected chi connectivity index (χ1v) is 8.76. The van der Waals surface area contributed by atoms with Crippen molar-refractivity contribution in [3.8, 4) is 11.5 Å². The average molecular weight is 370 g/mol. The van der Waals surface area contributed by atoms with Gasteiger partial charge in [0.05, 0.1) is 14.2 Å². The van der Waals surface area contributed by atoms with Crippen molar-refractivity contribution in [2.75, 3.05) is 19.5 Å². The van der Waals surface area contributed by atoms with Gasteiger partial charge in [0.25, 0.3) is 5.91 Å². The minimum absolute atomic E-state index is 0.0922. The van der Waals surface area contributed by atoms with E-state index in [4.69, 9.17) is 9.47 Å².